The van der Waals surface area contributed by atoms with Crippen molar-refractivity contribution in [1.82, 2.24) is 0 Å². The number of rotatable bonds is 4. The topological polar surface area (TPSA) is 40.5 Å². The third-order valence-corrected chi connectivity index (χ3v) is 6.97. The van der Waals surface area contributed by atoms with Crippen LogP contribution >= 0.6 is 0 Å². The Bertz CT molecular complexity index is 838. The van der Waals surface area contributed by atoms with E-state index in [0.717, 1.165) is 49.7 Å². The summed E-state index contributed by atoms with van der Waals surface area (Å²) in [5.41, 5.74) is 7.62. The zero-order valence-electron chi connectivity index (χ0n) is 17.5. The second-order valence-electron chi connectivity index (χ2n) is 9.44. The van der Waals surface area contributed by atoms with Crippen molar-refractivity contribution >= 4 is 0 Å². The van der Waals surface area contributed by atoms with Crippen molar-refractivity contribution in [3.05, 3.63) is 69.8 Å². The summed E-state index contributed by atoms with van der Waals surface area (Å²) in [7, 11) is 0. The van der Waals surface area contributed by atoms with E-state index in [0.29, 0.717) is 17.8 Å². The number of aliphatic hydroxyl groups excluding tert-OH is 2. The smallest absolute Gasteiger partial charge is 0.0795 e. The summed E-state index contributed by atoms with van der Waals surface area (Å²) < 4.78 is 0. The Kier molecular flexibility index (Phi) is 5.62. The lowest BCUT2D eigenvalue weighted by Gasteiger charge is -2.31. The maximum atomic E-state index is 10.7. The SMILES string of the molecule is CC(C)c1ccc2c(c1)CC(CC(C)c1ccc3c(c1)C(O)CCC3)CC2O. The first-order valence-electron chi connectivity index (χ1n) is 11.0. The fraction of sp³-hybridized carbons (Fsp3) is 0.538. The molecule has 2 aromatic rings. The van der Waals surface area contributed by atoms with Gasteiger partial charge in [0, 0.05) is 0 Å². The molecule has 2 aliphatic rings. The minimum atomic E-state index is -0.340. The molecule has 0 fully saturated rings. The molecule has 0 aliphatic heterocycles. The zero-order valence-corrected chi connectivity index (χ0v) is 17.5. The van der Waals surface area contributed by atoms with Crippen molar-refractivity contribution in [3.8, 4) is 0 Å². The van der Waals surface area contributed by atoms with Crippen molar-refractivity contribution in [2.75, 3.05) is 0 Å². The van der Waals surface area contributed by atoms with Crippen molar-refractivity contribution in [1.29, 1.82) is 0 Å². The van der Waals surface area contributed by atoms with Gasteiger partial charge < -0.3 is 10.2 Å². The second kappa shape index (κ2) is 8.00. The molecule has 150 valence electrons. The Morgan fingerprint density at radius 3 is 2.46 bits per heavy atom. The summed E-state index contributed by atoms with van der Waals surface area (Å²) in [6, 6.07) is 13.4. The van der Waals surface area contributed by atoms with Gasteiger partial charge in [0.15, 0.2) is 0 Å². The molecular formula is C26H34O2. The predicted molar refractivity (Wildman–Crippen MR) is 115 cm³/mol. The van der Waals surface area contributed by atoms with E-state index in [4.69, 9.17) is 0 Å². The molecule has 0 radical (unpaired) electrons. The molecule has 2 aliphatic carbocycles. The van der Waals surface area contributed by atoms with Crippen LogP contribution in [0.5, 0.6) is 0 Å². The van der Waals surface area contributed by atoms with E-state index in [1.54, 1.807) is 0 Å². The van der Waals surface area contributed by atoms with Gasteiger partial charge in [-0.1, -0.05) is 57.2 Å². The lowest BCUT2D eigenvalue weighted by Crippen LogP contribution is -2.20. The molecule has 0 saturated carbocycles. The third-order valence-electron chi connectivity index (χ3n) is 6.97. The molecule has 2 N–H and O–H groups in total. The second-order valence-corrected chi connectivity index (χ2v) is 9.44. The van der Waals surface area contributed by atoms with E-state index in [2.05, 4.69) is 57.2 Å². The Labute approximate surface area is 169 Å². The summed E-state index contributed by atoms with van der Waals surface area (Å²) in [6.45, 7) is 6.75. The molecule has 28 heavy (non-hydrogen) atoms. The largest absolute Gasteiger partial charge is 0.388 e. The van der Waals surface area contributed by atoms with Crippen LogP contribution in [0.25, 0.3) is 0 Å². The number of benzene rings is 2. The first-order chi connectivity index (χ1) is 13.4. The number of hydrogen-bond donors (Lipinski definition) is 2. The summed E-state index contributed by atoms with van der Waals surface area (Å²) >= 11 is 0. The normalized spacial score (nSPS) is 25.3. The molecule has 4 unspecified atom stereocenters. The maximum Gasteiger partial charge on any atom is 0.0795 e. The quantitative estimate of drug-likeness (QED) is 0.688. The van der Waals surface area contributed by atoms with Gasteiger partial charge in [0.25, 0.3) is 0 Å². The molecule has 0 saturated heterocycles. The van der Waals surface area contributed by atoms with E-state index in [1.165, 1.54) is 22.3 Å². The summed E-state index contributed by atoms with van der Waals surface area (Å²) in [6.07, 6.45) is 5.41. The molecule has 0 aromatic heterocycles. The Balaban J connectivity index is 1.50. The highest BCUT2D eigenvalue weighted by atomic mass is 16.3. The van der Waals surface area contributed by atoms with Gasteiger partial charge in [-0.05, 0) is 89.7 Å². The zero-order chi connectivity index (χ0) is 19.8. The highest BCUT2D eigenvalue weighted by molar-refractivity contribution is 5.38. The summed E-state index contributed by atoms with van der Waals surface area (Å²) in [5, 5.41) is 21.1. The van der Waals surface area contributed by atoms with Crippen LogP contribution in [-0.4, -0.2) is 10.2 Å². The van der Waals surface area contributed by atoms with Crippen LogP contribution in [0.15, 0.2) is 36.4 Å². The molecule has 0 heterocycles. The summed E-state index contributed by atoms with van der Waals surface area (Å²) in [5.74, 6) is 1.45. The Morgan fingerprint density at radius 1 is 0.893 bits per heavy atom. The third kappa shape index (κ3) is 3.90. The van der Waals surface area contributed by atoms with Crippen LogP contribution in [0, 0.1) is 5.92 Å². The van der Waals surface area contributed by atoms with Crippen molar-refractivity contribution in [2.45, 2.75) is 83.3 Å². The van der Waals surface area contributed by atoms with Crippen LogP contribution in [0.3, 0.4) is 0 Å². The first-order valence-corrected chi connectivity index (χ1v) is 11.0. The average molecular weight is 379 g/mol. The summed E-state index contributed by atoms with van der Waals surface area (Å²) in [4.78, 5) is 0. The first kappa shape index (κ1) is 19.7. The Hall–Kier alpha value is -1.64. The molecular weight excluding hydrogens is 344 g/mol. The van der Waals surface area contributed by atoms with Gasteiger partial charge in [-0.25, -0.2) is 0 Å². The van der Waals surface area contributed by atoms with Crippen LogP contribution in [0.4, 0.5) is 0 Å². The predicted octanol–water partition coefficient (Wildman–Crippen LogP) is 5.97. The molecule has 2 aromatic carbocycles. The van der Waals surface area contributed by atoms with E-state index in [-0.39, 0.29) is 12.2 Å². The minimum Gasteiger partial charge on any atom is -0.388 e. The number of aliphatic hydroxyl groups is 2. The van der Waals surface area contributed by atoms with Gasteiger partial charge in [0.2, 0.25) is 0 Å². The standard InChI is InChI=1S/C26H34O2/c1-16(2)20-9-10-23-22(14-20)12-18(13-26(23)28)11-17(3)21-8-7-19-5-4-6-25(27)24(19)15-21/h7-10,14-18,25-28H,4-6,11-13H2,1-3H3. The molecule has 4 atom stereocenters. The van der Waals surface area contributed by atoms with Gasteiger partial charge in [-0.2, -0.15) is 0 Å². The average Bonchev–Trinajstić information content (AvgIpc) is 2.67. The van der Waals surface area contributed by atoms with E-state index < -0.39 is 0 Å². The van der Waals surface area contributed by atoms with Gasteiger partial charge in [0.05, 0.1) is 12.2 Å². The lowest BCUT2D eigenvalue weighted by molar-refractivity contribution is 0.127. The Morgan fingerprint density at radius 2 is 1.68 bits per heavy atom. The fourth-order valence-electron chi connectivity index (χ4n) is 5.24. The van der Waals surface area contributed by atoms with Crippen LogP contribution in [0.2, 0.25) is 0 Å². The van der Waals surface area contributed by atoms with E-state index >= 15 is 0 Å². The molecule has 0 spiro atoms. The van der Waals surface area contributed by atoms with Crippen LogP contribution in [-0.2, 0) is 12.8 Å². The number of aryl methyl sites for hydroxylation is 1. The molecule has 2 nitrogen and oxygen atoms in total. The lowest BCUT2D eigenvalue weighted by atomic mass is 9.76. The van der Waals surface area contributed by atoms with Crippen LogP contribution in [0.1, 0.15) is 104 Å². The molecule has 4 rings (SSSR count). The van der Waals surface area contributed by atoms with Crippen molar-refractivity contribution < 1.29 is 10.2 Å². The maximum absolute atomic E-state index is 10.7. The van der Waals surface area contributed by atoms with Crippen molar-refractivity contribution in [2.24, 2.45) is 5.92 Å². The highest BCUT2D eigenvalue weighted by Gasteiger charge is 2.28. The molecule has 0 bridgehead atoms. The minimum absolute atomic E-state index is 0.297. The van der Waals surface area contributed by atoms with Crippen molar-refractivity contribution in [3.63, 3.8) is 0 Å². The van der Waals surface area contributed by atoms with E-state index in [1.807, 2.05) is 0 Å². The van der Waals surface area contributed by atoms with Gasteiger partial charge in [0.1, 0.15) is 0 Å². The van der Waals surface area contributed by atoms with Gasteiger partial charge >= 0.3 is 0 Å². The van der Waals surface area contributed by atoms with Gasteiger partial charge in [-0.15, -0.1) is 0 Å². The molecule has 2 heteroatoms. The monoisotopic (exact) mass is 378 g/mol. The highest BCUT2D eigenvalue weighted by Crippen LogP contribution is 2.40. The van der Waals surface area contributed by atoms with Gasteiger partial charge in [-0.3, -0.25) is 0 Å². The fourth-order valence-corrected chi connectivity index (χ4v) is 5.24. The number of fused-ring (bicyclic) bond motifs is 2. The number of hydrogen-bond acceptors (Lipinski definition) is 2. The molecule has 0 amide bonds. The van der Waals surface area contributed by atoms with E-state index in [9.17, 15) is 10.2 Å². The van der Waals surface area contributed by atoms with Crippen LogP contribution < -0.4 is 0 Å².